The summed E-state index contributed by atoms with van der Waals surface area (Å²) in [5.74, 6) is 0. The summed E-state index contributed by atoms with van der Waals surface area (Å²) in [6.45, 7) is 2.12. The van der Waals surface area contributed by atoms with E-state index in [0.717, 1.165) is 19.3 Å². The van der Waals surface area contributed by atoms with Crippen molar-refractivity contribution >= 4 is 0 Å². The fourth-order valence-corrected chi connectivity index (χ4v) is 1.99. The molecule has 0 amide bonds. The van der Waals surface area contributed by atoms with Gasteiger partial charge >= 0.3 is 0 Å². The van der Waals surface area contributed by atoms with E-state index >= 15 is 0 Å². The number of rotatable bonds is 2. The minimum Gasteiger partial charge on any atom is -0.326 e. The van der Waals surface area contributed by atoms with Gasteiger partial charge in [-0.1, -0.05) is 26.2 Å². The molecule has 0 aromatic rings. The van der Waals surface area contributed by atoms with Crippen LogP contribution in [-0.4, -0.2) is 11.6 Å². The largest absolute Gasteiger partial charge is 0.326 e. The van der Waals surface area contributed by atoms with Gasteiger partial charge < -0.3 is 11.5 Å². The Hall–Kier alpha value is -0.0800. The summed E-state index contributed by atoms with van der Waals surface area (Å²) in [6.07, 6.45) is 7.14. The first-order valence-corrected chi connectivity index (χ1v) is 4.73. The maximum atomic E-state index is 6.19. The standard InChI is InChI=1S/C9H20N2/c1-2-8(10)9(11)6-4-3-5-7-9/h8H,2-7,10-11H2,1H3. The van der Waals surface area contributed by atoms with Crippen molar-refractivity contribution < 1.29 is 0 Å². The van der Waals surface area contributed by atoms with E-state index in [1.54, 1.807) is 0 Å². The lowest BCUT2D eigenvalue weighted by atomic mass is 9.77. The molecule has 1 aliphatic rings. The van der Waals surface area contributed by atoms with Crippen LogP contribution < -0.4 is 11.5 Å². The third kappa shape index (κ3) is 1.94. The van der Waals surface area contributed by atoms with Crippen LogP contribution in [0.3, 0.4) is 0 Å². The average Bonchev–Trinajstić information content (AvgIpc) is 2.04. The van der Waals surface area contributed by atoms with Gasteiger partial charge in [-0.15, -0.1) is 0 Å². The molecule has 2 nitrogen and oxygen atoms in total. The van der Waals surface area contributed by atoms with Crippen LogP contribution in [0.2, 0.25) is 0 Å². The van der Waals surface area contributed by atoms with Crippen molar-refractivity contribution in [2.45, 2.75) is 57.0 Å². The van der Waals surface area contributed by atoms with Crippen LogP contribution in [0.4, 0.5) is 0 Å². The Morgan fingerprint density at radius 1 is 1.27 bits per heavy atom. The summed E-state index contributed by atoms with van der Waals surface area (Å²) >= 11 is 0. The molecule has 0 heterocycles. The molecule has 0 bridgehead atoms. The average molecular weight is 156 g/mol. The SMILES string of the molecule is CCC(N)C1(N)CCCCC1. The highest BCUT2D eigenvalue weighted by Gasteiger charge is 2.32. The summed E-state index contributed by atoms with van der Waals surface area (Å²) in [5.41, 5.74) is 12.1. The molecule has 0 aromatic carbocycles. The van der Waals surface area contributed by atoms with Crippen LogP contribution in [0.5, 0.6) is 0 Å². The predicted molar refractivity (Wildman–Crippen MR) is 48.3 cm³/mol. The van der Waals surface area contributed by atoms with E-state index in [4.69, 9.17) is 11.5 Å². The van der Waals surface area contributed by atoms with Gasteiger partial charge in [0.15, 0.2) is 0 Å². The van der Waals surface area contributed by atoms with Crippen LogP contribution in [0, 0.1) is 0 Å². The summed E-state index contributed by atoms with van der Waals surface area (Å²) in [7, 11) is 0. The Kier molecular flexibility index (Phi) is 2.90. The maximum Gasteiger partial charge on any atom is 0.0307 e. The number of hydrogen-bond acceptors (Lipinski definition) is 2. The first-order chi connectivity index (χ1) is 5.19. The second-order valence-corrected chi connectivity index (χ2v) is 3.81. The van der Waals surface area contributed by atoms with Crippen molar-refractivity contribution in [2.24, 2.45) is 11.5 Å². The highest BCUT2D eigenvalue weighted by atomic mass is 14.9. The molecule has 1 atom stereocenters. The van der Waals surface area contributed by atoms with Gasteiger partial charge in [0, 0.05) is 11.6 Å². The van der Waals surface area contributed by atoms with Gasteiger partial charge in [0.25, 0.3) is 0 Å². The van der Waals surface area contributed by atoms with Gasteiger partial charge in [-0.2, -0.15) is 0 Å². The van der Waals surface area contributed by atoms with Crippen LogP contribution in [0.15, 0.2) is 0 Å². The van der Waals surface area contributed by atoms with E-state index in [1.807, 2.05) is 0 Å². The third-order valence-electron chi connectivity index (χ3n) is 2.96. The molecule has 11 heavy (non-hydrogen) atoms. The molecule has 0 saturated heterocycles. The summed E-state index contributed by atoms with van der Waals surface area (Å²) in [6, 6.07) is 0.211. The van der Waals surface area contributed by atoms with Gasteiger partial charge in [-0.05, 0) is 19.3 Å². The minimum absolute atomic E-state index is 0.0347. The molecule has 1 rings (SSSR count). The molecule has 4 N–H and O–H groups in total. The number of nitrogens with two attached hydrogens (primary N) is 2. The van der Waals surface area contributed by atoms with Crippen molar-refractivity contribution in [1.29, 1.82) is 0 Å². The lowest BCUT2D eigenvalue weighted by Crippen LogP contribution is -2.55. The molecule has 1 saturated carbocycles. The fraction of sp³-hybridized carbons (Fsp3) is 1.00. The van der Waals surface area contributed by atoms with E-state index < -0.39 is 0 Å². The zero-order valence-corrected chi connectivity index (χ0v) is 7.47. The molecule has 0 spiro atoms. The zero-order chi connectivity index (χ0) is 8.32. The second kappa shape index (κ2) is 3.55. The molecule has 66 valence electrons. The predicted octanol–water partition coefficient (Wildman–Crippen LogP) is 1.39. The smallest absolute Gasteiger partial charge is 0.0307 e. The molecular formula is C9H20N2. The van der Waals surface area contributed by atoms with Crippen LogP contribution >= 0.6 is 0 Å². The topological polar surface area (TPSA) is 52.0 Å². The van der Waals surface area contributed by atoms with Gasteiger partial charge in [0.05, 0.1) is 0 Å². The first-order valence-electron chi connectivity index (χ1n) is 4.73. The van der Waals surface area contributed by atoms with E-state index in [0.29, 0.717) is 0 Å². The molecule has 1 unspecified atom stereocenters. The highest BCUT2D eigenvalue weighted by Crippen LogP contribution is 2.28. The Labute approximate surface area is 69.3 Å². The monoisotopic (exact) mass is 156 g/mol. The zero-order valence-electron chi connectivity index (χ0n) is 7.47. The molecule has 0 aromatic heterocycles. The molecule has 1 fully saturated rings. The first kappa shape index (κ1) is 9.01. The van der Waals surface area contributed by atoms with E-state index in [2.05, 4.69) is 6.92 Å². The van der Waals surface area contributed by atoms with Crippen LogP contribution in [-0.2, 0) is 0 Å². The van der Waals surface area contributed by atoms with Gasteiger partial charge in [0.2, 0.25) is 0 Å². The summed E-state index contributed by atoms with van der Waals surface area (Å²) in [5, 5.41) is 0. The van der Waals surface area contributed by atoms with Crippen LogP contribution in [0.25, 0.3) is 0 Å². The lowest BCUT2D eigenvalue weighted by molar-refractivity contribution is 0.243. The normalized spacial score (nSPS) is 26.5. The molecular weight excluding hydrogens is 136 g/mol. The number of hydrogen-bond donors (Lipinski definition) is 2. The van der Waals surface area contributed by atoms with Crippen molar-refractivity contribution in [3.05, 3.63) is 0 Å². The summed E-state index contributed by atoms with van der Waals surface area (Å²) in [4.78, 5) is 0. The minimum atomic E-state index is -0.0347. The Bertz CT molecular complexity index is 117. The third-order valence-corrected chi connectivity index (χ3v) is 2.96. The van der Waals surface area contributed by atoms with Crippen molar-refractivity contribution in [3.63, 3.8) is 0 Å². The Morgan fingerprint density at radius 3 is 2.27 bits per heavy atom. The second-order valence-electron chi connectivity index (χ2n) is 3.81. The van der Waals surface area contributed by atoms with Crippen molar-refractivity contribution in [1.82, 2.24) is 0 Å². The van der Waals surface area contributed by atoms with E-state index in [1.165, 1.54) is 19.3 Å². The fourth-order valence-electron chi connectivity index (χ4n) is 1.99. The Balaban J connectivity index is 2.49. The van der Waals surface area contributed by atoms with E-state index in [-0.39, 0.29) is 11.6 Å². The van der Waals surface area contributed by atoms with Gasteiger partial charge in [0.1, 0.15) is 0 Å². The highest BCUT2D eigenvalue weighted by molar-refractivity contribution is 4.95. The maximum absolute atomic E-state index is 6.19. The molecule has 2 heteroatoms. The molecule has 1 aliphatic carbocycles. The molecule has 0 aliphatic heterocycles. The van der Waals surface area contributed by atoms with Crippen molar-refractivity contribution in [2.75, 3.05) is 0 Å². The van der Waals surface area contributed by atoms with Crippen molar-refractivity contribution in [3.8, 4) is 0 Å². The van der Waals surface area contributed by atoms with Gasteiger partial charge in [-0.3, -0.25) is 0 Å². The molecule has 0 radical (unpaired) electrons. The van der Waals surface area contributed by atoms with Crippen LogP contribution in [0.1, 0.15) is 45.4 Å². The van der Waals surface area contributed by atoms with E-state index in [9.17, 15) is 0 Å². The lowest BCUT2D eigenvalue weighted by Gasteiger charge is -2.38. The Morgan fingerprint density at radius 2 is 1.82 bits per heavy atom. The van der Waals surface area contributed by atoms with Gasteiger partial charge in [-0.25, -0.2) is 0 Å². The quantitative estimate of drug-likeness (QED) is 0.634. The summed E-state index contributed by atoms with van der Waals surface area (Å²) < 4.78 is 0.